The number of nitrogens with zero attached hydrogens (tertiary/aromatic N) is 4. The van der Waals surface area contributed by atoms with Crippen LogP contribution in [-0.4, -0.2) is 19.6 Å². The summed E-state index contributed by atoms with van der Waals surface area (Å²) in [6.07, 6.45) is 5.18. The molecule has 0 fully saturated rings. The third-order valence-corrected chi connectivity index (χ3v) is 3.16. The monoisotopic (exact) mass is 273 g/mol. The maximum Gasteiger partial charge on any atom is 0.203 e. The number of aromatic nitrogens is 4. The second kappa shape index (κ2) is 5.24. The molecule has 0 unspecified atom stereocenters. The molecule has 0 saturated heterocycles. The Bertz CT molecular complexity index is 677. The number of alkyl halides is 1. The van der Waals surface area contributed by atoms with Crippen LogP contribution in [0.1, 0.15) is 11.1 Å². The Labute approximate surface area is 115 Å². The van der Waals surface area contributed by atoms with Crippen molar-refractivity contribution >= 4 is 23.1 Å². The van der Waals surface area contributed by atoms with Gasteiger partial charge in [-0.1, -0.05) is 24.3 Å². The van der Waals surface area contributed by atoms with E-state index in [0.717, 1.165) is 22.6 Å². The van der Waals surface area contributed by atoms with Crippen LogP contribution in [0.2, 0.25) is 0 Å². The molecule has 6 heteroatoms. The first kappa shape index (κ1) is 11.9. The molecule has 0 radical (unpaired) electrons. The van der Waals surface area contributed by atoms with Crippen molar-refractivity contribution in [2.75, 3.05) is 5.32 Å². The van der Waals surface area contributed by atoms with Crippen LogP contribution in [0.25, 0.3) is 5.65 Å². The number of fused-ring (bicyclic) bond motifs is 1. The second-order valence-electron chi connectivity index (χ2n) is 4.14. The first-order valence-corrected chi connectivity index (χ1v) is 6.42. The van der Waals surface area contributed by atoms with Gasteiger partial charge in [0, 0.05) is 24.8 Å². The van der Waals surface area contributed by atoms with E-state index in [0.29, 0.717) is 12.4 Å². The fourth-order valence-electron chi connectivity index (χ4n) is 1.82. The van der Waals surface area contributed by atoms with Crippen LogP contribution in [0.5, 0.6) is 0 Å². The molecule has 1 N–H and O–H groups in total. The highest BCUT2D eigenvalue weighted by molar-refractivity contribution is 6.17. The SMILES string of the molecule is ClCc1ccc(CNc2nccn3cnnc23)cc1. The molecule has 5 nitrogen and oxygen atoms in total. The van der Waals surface area contributed by atoms with E-state index in [4.69, 9.17) is 11.6 Å². The summed E-state index contributed by atoms with van der Waals surface area (Å²) in [5, 5.41) is 11.1. The molecule has 0 aliphatic heterocycles. The fraction of sp³-hybridized carbons (Fsp3) is 0.154. The third kappa shape index (κ3) is 2.51. The summed E-state index contributed by atoms with van der Waals surface area (Å²) in [5.41, 5.74) is 3.00. The molecule has 3 rings (SSSR count). The molecule has 0 aliphatic rings. The van der Waals surface area contributed by atoms with E-state index in [9.17, 15) is 0 Å². The van der Waals surface area contributed by atoms with Gasteiger partial charge in [0.1, 0.15) is 6.33 Å². The molecule has 0 spiro atoms. The Morgan fingerprint density at radius 2 is 1.95 bits per heavy atom. The Morgan fingerprint density at radius 3 is 2.74 bits per heavy atom. The molecule has 0 aliphatic carbocycles. The van der Waals surface area contributed by atoms with Gasteiger partial charge < -0.3 is 5.32 Å². The number of hydrogen-bond acceptors (Lipinski definition) is 4. The van der Waals surface area contributed by atoms with Gasteiger partial charge in [0.05, 0.1) is 0 Å². The van der Waals surface area contributed by atoms with Crippen LogP contribution in [-0.2, 0) is 12.4 Å². The first-order chi connectivity index (χ1) is 9.36. The normalized spacial score (nSPS) is 10.8. The van der Waals surface area contributed by atoms with E-state index in [2.05, 4.69) is 32.6 Å². The van der Waals surface area contributed by atoms with Crippen LogP contribution in [0.3, 0.4) is 0 Å². The number of halogens is 1. The van der Waals surface area contributed by atoms with Crippen molar-refractivity contribution in [3.05, 3.63) is 54.1 Å². The van der Waals surface area contributed by atoms with Gasteiger partial charge in [0.25, 0.3) is 0 Å². The van der Waals surface area contributed by atoms with Gasteiger partial charge in [-0.3, -0.25) is 4.40 Å². The quantitative estimate of drug-likeness (QED) is 0.742. The van der Waals surface area contributed by atoms with Gasteiger partial charge in [-0.25, -0.2) is 4.98 Å². The van der Waals surface area contributed by atoms with Crippen LogP contribution in [0, 0.1) is 0 Å². The molecule has 0 bridgehead atoms. The standard InChI is InChI=1S/C13H12ClN5/c14-7-10-1-3-11(4-2-10)8-16-12-13-18-17-9-19(13)6-5-15-12/h1-6,9H,7-8H2,(H,15,16). The van der Waals surface area contributed by atoms with Crippen molar-refractivity contribution in [1.29, 1.82) is 0 Å². The van der Waals surface area contributed by atoms with E-state index >= 15 is 0 Å². The van der Waals surface area contributed by atoms with Crippen molar-refractivity contribution in [2.45, 2.75) is 12.4 Å². The molecule has 19 heavy (non-hydrogen) atoms. The van der Waals surface area contributed by atoms with Crippen molar-refractivity contribution < 1.29 is 0 Å². The number of rotatable bonds is 4. The van der Waals surface area contributed by atoms with Gasteiger partial charge in [-0.2, -0.15) is 0 Å². The van der Waals surface area contributed by atoms with E-state index in [1.165, 1.54) is 0 Å². The van der Waals surface area contributed by atoms with Crippen molar-refractivity contribution in [1.82, 2.24) is 19.6 Å². The molecule has 0 amide bonds. The molecular weight excluding hydrogens is 262 g/mol. The van der Waals surface area contributed by atoms with Gasteiger partial charge in [-0.15, -0.1) is 21.8 Å². The zero-order valence-electron chi connectivity index (χ0n) is 10.1. The maximum atomic E-state index is 5.76. The summed E-state index contributed by atoms with van der Waals surface area (Å²) in [7, 11) is 0. The molecule has 3 aromatic rings. The highest BCUT2D eigenvalue weighted by Gasteiger charge is 2.04. The molecule has 0 atom stereocenters. The van der Waals surface area contributed by atoms with Crippen LogP contribution < -0.4 is 5.32 Å². The Morgan fingerprint density at radius 1 is 1.16 bits per heavy atom. The molecule has 96 valence electrons. The average molecular weight is 274 g/mol. The predicted octanol–water partition coefficient (Wildman–Crippen LogP) is 2.48. The highest BCUT2D eigenvalue weighted by Crippen LogP contribution is 2.12. The number of anilines is 1. The summed E-state index contributed by atoms with van der Waals surface area (Å²) >= 11 is 5.76. The lowest BCUT2D eigenvalue weighted by Crippen LogP contribution is -2.03. The van der Waals surface area contributed by atoms with Crippen LogP contribution in [0.15, 0.2) is 43.0 Å². The average Bonchev–Trinajstić information content (AvgIpc) is 2.94. The van der Waals surface area contributed by atoms with Crippen molar-refractivity contribution in [2.24, 2.45) is 0 Å². The minimum atomic E-state index is 0.536. The number of hydrogen-bond donors (Lipinski definition) is 1. The minimum Gasteiger partial charge on any atom is -0.363 e. The largest absolute Gasteiger partial charge is 0.363 e. The van der Waals surface area contributed by atoms with Crippen molar-refractivity contribution in [3.63, 3.8) is 0 Å². The van der Waals surface area contributed by atoms with Gasteiger partial charge in [-0.05, 0) is 11.1 Å². The summed E-state index contributed by atoms with van der Waals surface area (Å²) in [5.74, 6) is 1.26. The van der Waals surface area contributed by atoms with E-state index in [1.807, 2.05) is 22.7 Å². The zero-order chi connectivity index (χ0) is 13.1. The Balaban J connectivity index is 1.76. The topological polar surface area (TPSA) is 55.1 Å². The van der Waals surface area contributed by atoms with Gasteiger partial charge in [0.15, 0.2) is 5.82 Å². The summed E-state index contributed by atoms with van der Waals surface area (Å²) in [6.45, 7) is 0.683. The van der Waals surface area contributed by atoms with Gasteiger partial charge >= 0.3 is 0 Å². The lowest BCUT2D eigenvalue weighted by atomic mass is 10.1. The summed E-state index contributed by atoms with van der Waals surface area (Å²) in [4.78, 5) is 4.27. The predicted molar refractivity (Wildman–Crippen MR) is 74.1 cm³/mol. The zero-order valence-corrected chi connectivity index (χ0v) is 10.9. The maximum absolute atomic E-state index is 5.76. The Kier molecular flexibility index (Phi) is 3.29. The molecule has 2 aromatic heterocycles. The number of nitrogens with one attached hydrogen (secondary N) is 1. The smallest absolute Gasteiger partial charge is 0.203 e. The minimum absolute atomic E-state index is 0.536. The van der Waals surface area contributed by atoms with Crippen LogP contribution in [0.4, 0.5) is 5.82 Å². The highest BCUT2D eigenvalue weighted by atomic mass is 35.5. The van der Waals surface area contributed by atoms with Gasteiger partial charge in [0.2, 0.25) is 5.65 Å². The van der Waals surface area contributed by atoms with E-state index in [-0.39, 0.29) is 0 Å². The molecule has 2 heterocycles. The molecular formula is C13H12ClN5. The second-order valence-corrected chi connectivity index (χ2v) is 4.41. The fourth-order valence-corrected chi connectivity index (χ4v) is 1.99. The summed E-state index contributed by atoms with van der Waals surface area (Å²) in [6, 6.07) is 8.15. The number of benzene rings is 1. The molecule has 0 saturated carbocycles. The lowest BCUT2D eigenvalue weighted by molar-refractivity contribution is 1.07. The molecule has 1 aromatic carbocycles. The third-order valence-electron chi connectivity index (χ3n) is 2.85. The van der Waals surface area contributed by atoms with E-state index in [1.54, 1.807) is 12.5 Å². The summed E-state index contributed by atoms with van der Waals surface area (Å²) < 4.78 is 1.83. The first-order valence-electron chi connectivity index (χ1n) is 5.89. The lowest BCUT2D eigenvalue weighted by Gasteiger charge is -2.06. The van der Waals surface area contributed by atoms with E-state index < -0.39 is 0 Å². The van der Waals surface area contributed by atoms with Crippen molar-refractivity contribution in [3.8, 4) is 0 Å². The van der Waals surface area contributed by atoms with Crippen LogP contribution >= 0.6 is 11.6 Å². The Hall–Kier alpha value is -2.14.